The van der Waals surface area contributed by atoms with Crippen LogP contribution in [0.1, 0.15) is 29.4 Å². The van der Waals surface area contributed by atoms with E-state index in [0.29, 0.717) is 16.5 Å². The fourth-order valence-electron chi connectivity index (χ4n) is 2.74. The Bertz CT molecular complexity index is 620. The van der Waals surface area contributed by atoms with Crippen molar-refractivity contribution >= 4 is 33.0 Å². The molecule has 0 radical (unpaired) electrons. The molecule has 1 unspecified atom stereocenters. The lowest BCUT2D eigenvalue weighted by molar-refractivity contribution is 0.0689. The minimum atomic E-state index is 0.102. The third-order valence-electron chi connectivity index (χ3n) is 3.77. The number of likely N-dealkylation sites (tertiary alicyclic amines) is 1. The third kappa shape index (κ3) is 2.21. The molecule has 1 aromatic carbocycles. The number of carbonyl (C=O) groups is 1. The molecule has 1 atom stereocenters. The fourth-order valence-corrected chi connectivity index (χ4v) is 3.83. The van der Waals surface area contributed by atoms with Crippen molar-refractivity contribution in [2.75, 3.05) is 18.8 Å². The highest BCUT2D eigenvalue weighted by Gasteiger charge is 2.25. The number of nitrogens with zero attached hydrogens (tertiary/aromatic N) is 1. The van der Waals surface area contributed by atoms with Gasteiger partial charge in [0, 0.05) is 23.2 Å². The summed E-state index contributed by atoms with van der Waals surface area (Å²) in [5.41, 5.74) is 6.79. The van der Waals surface area contributed by atoms with E-state index in [1.807, 2.05) is 29.2 Å². The topological polar surface area (TPSA) is 46.3 Å². The van der Waals surface area contributed by atoms with Crippen LogP contribution in [0, 0.1) is 5.92 Å². The molecule has 1 aliphatic rings. The van der Waals surface area contributed by atoms with Crippen LogP contribution in [0.15, 0.2) is 24.3 Å². The minimum absolute atomic E-state index is 0.102. The van der Waals surface area contributed by atoms with Crippen molar-refractivity contribution in [3.8, 4) is 0 Å². The average molecular weight is 274 g/mol. The maximum atomic E-state index is 12.6. The first-order valence-electron chi connectivity index (χ1n) is 6.73. The Hall–Kier alpha value is -1.55. The number of fused-ring (bicyclic) bond motifs is 1. The summed E-state index contributed by atoms with van der Waals surface area (Å²) < 4.78 is 1.09. The van der Waals surface area contributed by atoms with Crippen molar-refractivity contribution in [1.29, 1.82) is 0 Å². The monoisotopic (exact) mass is 274 g/mol. The largest absolute Gasteiger partial charge is 0.397 e. The molecule has 2 heterocycles. The maximum absolute atomic E-state index is 12.6. The van der Waals surface area contributed by atoms with Crippen LogP contribution in [0.2, 0.25) is 0 Å². The number of thiophene rings is 1. The summed E-state index contributed by atoms with van der Waals surface area (Å²) in [5.74, 6) is 0.693. The van der Waals surface area contributed by atoms with Gasteiger partial charge >= 0.3 is 0 Å². The quantitative estimate of drug-likeness (QED) is 0.866. The molecule has 0 bridgehead atoms. The number of carbonyl (C=O) groups excluding carboxylic acids is 1. The van der Waals surface area contributed by atoms with Crippen LogP contribution in [0.4, 0.5) is 5.69 Å². The second kappa shape index (κ2) is 4.85. The standard InChI is InChI=1S/C15H18N2OS/c1-10-5-4-8-17(9-10)15(18)14-13(16)11-6-2-3-7-12(11)19-14/h2-3,6-7,10H,4-5,8-9,16H2,1H3. The van der Waals surface area contributed by atoms with Gasteiger partial charge in [-0.05, 0) is 24.8 Å². The first kappa shape index (κ1) is 12.5. The highest BCUT2D eigenvalue weighted by Crippen LogP contribution is 2.34. The number of piperidine rings is 1. The number of hydrogen-bond donors (Lipinski definition) is 1. The van der Waals surface area contributed by atoms with Gasteiger partial charge in [0.25, 0.3) is 5.91 Å². The molecular formula is C15H18N2OS. The summed E-state index contributed by atoms with van der Waals surface area (Å²) in [5, 5.41) is 1.00. The van der Waals surface area contributed by atoms with Gasteiger partial charge in [0.15, 0.2) is 0 Å². The van der Waals surface area contributed by atoms with Gasteiger partial charge in [-0.15, -0.1) is 11.3 Å². The van der Waals surface area contributed by atoms with Crippen LogP contribution in [0.5, 0.6) is 0 Å². The molecule has 3 rings (SSSR count). The Balaban J connectivity index is 1.95. The molecular weight excluding hydrogens is 256 g/mol. The van der Waals surface area contributed by atoms with Crippen LogP contribution in [0.25, 0.3) is 10.1 Å². The van der Waals surface area contributed by atoms with Gasteiger partial charge in [-0.3, -0.25) is 4.79 Å². The fraction of sp³-hybridized carbons (Fsp3) is 0.400. The Morgan fingerprint density at radius 3 is 2.95 bits per heavy atom. The maximum Gasteiger partial charge on any atom is 0.266 e. The van der Waals surface area contributed by atoms with Crippen molar-refractivity contribution in [2.24, 2.45) is 5.92 Å². The minimum Gasteiger partial charge on any atom is -0.397 e. The van der Waals surface area contributed by atoms with Crippen molar-refractivity contribution in [3.05, 3.63) is 29.1 Å². The van der Waals surface area contributed by atoms with Gasteiger partial charge in [-0.1, -0.05) is 25.1 Å². The van der Waals surface area contributed by atoms with Crippen molar-refractivity contribution in [1.82, 2.24) is 4.90 Å². The van der Waals surface area contributed by atoms with E-state index in [9.17, 15) is 4.79 Å². The van der Waals surface area contributed by atoms with Crippen LogP contribution >= 0.6 is 11.3 Å². The predicted octanol–water partition coefficient (Wildman–Crippen LogP) is 3.36. The Morgan fingerprint density at radius 1 is 1.42 bits per heavy atom. The highest BCUT2D eigenvalue weighted by atomic mass is 32.1. The first-order valence-corrected chi connectivity index (χ1v) is 7.54. The zero-order valence-electron chi connectivity index (χ0n) is 11.1. The molecule has 1 fully saturated rings. The number of hydrogen-bond acceptors (Lipinski definition) is 3. The van der Waals surface area contributed by atoms with Gasteiger partial charge in [-0.25, -0.2) is 0 Å². The molecule has 2 N–H and O–H groups in total. The van der Waals surface area contributed by atoms with Crippen molar-refractivity contribution in [3.63, 3.8) is 0 Å². The van der Waals surface area contributed by atoms with E-state index in [0.717, 1.165) is 29.6 Å². The lowest BCUT2D eigenvalue weighted by Gasteiger charge is -2.30. The zero-order chi connectivity index (χ0) is 13.4. The van der Waals surface area contributed by atoms with Gasteiger partial charge in [0.1, 0.15) is 4.88 Å². The molecule has 1 aliphatic heterocycles. The first-order chi connectivity index (χ1) is 9.16. The van der Waals surface area contributed by atoms with Gasteiger partial charge in [0.05, 0.1) is 5.69 Å². The lowest BCUT2D eigenvalue weighted by Crippen LogP contribution is -2.38. The second-order valence-electron chi connectivity index (χ2n) is 5.34. The summed E-state index contributed by atoms with van der Waals surface area (Å²) in [6, 6.07) is 7.95. The number of rotatable bonds is 1. The number of anilines is 1. The molecule has 4 heteroatoms. The van der Waals surface area contributed by atoms with E-state index in [-0.39, 0.29) is 5.91 Å². The molecule has 1 amide bonds. The van der Waals surface area contributed by atoms with Crippen molar-refractivity contribution < 1.29 is 4.79 Å². The number of benzene rings is 1. The van der Waals surface area contributed by atoms with Gasteiger partial charge < -0.3 is 10.6 Å². The normalized spacial score (nSPS) is 19.8. The van der Waals surface area contributed by atoms with E-state index in [2.05, 4.69) is 6.92 Å². The third-order valence-corrected chi connectivity index (χ3v) is 4.95. The Labute approximate surface area is 117 Å². The zero-order valence-corrected chi connectivity index (χ0v) is 11.9. The summed E-state index contributed by atoms with van der Waals surface area (Å²) >= 11 is 1.51. The summed E-state index contributed by atoms with van der Waals surface area (Å²) in [6.45, 7) is 3.91. The van der Waals surface area contributed by atoms with E-state index < -0.39 is 0 Å². The van der Waals surface area contributed by atoms with Gasteiger partial charge in [0.2, 0.25) is 0 Å². The second-order valence-corrected chi connectivity index (χ2v) is 6.39. The molecule has 0 aliphatic carbocycles. The average Bonchev–Trinajstić information content (AvgIpc) is 2.76. The summed E-state index contributed by atoms with van der Waals surface area (Å²) in [6.07, 6.45) is 2.31. The Kier molecular flexibility index (Phi) is 3.19. The van der Waals surface area contributed by atoms with Crippen LogP contribution < -0.4 is 5.73 Å². The number of nitrogen functional groups attached to an aromatic ring is 1. The van der Waals surface area contributed by atoms with Crippen LogP contribution in [-0.2, 0) is 0 Å². The van der Waals surface area contributed by atoms with E-state index in [4.69, 9.17) is 5.73 Å². The molecule has 0 spiro atoms. The molecule has 0 saturated carbocycles. The van der Waals surface area contributed by atoms with Crippen LogP contribution in [-0.4, -0.2) is 23.9 Å². The number of nitrogens with two attached hydrogens (primary N) is 1. The van der Waals surface area contributed by atoms with E-state index >= 15 is 0 Å². The molecule has 3 nitrogen and oxygen atoms in total. The highest BCUT2D eigenvalue weighted by molar-refractivity contribution is 7.21. The SMILES string of the molecule is CC1CCCN(C(=O)c2sc3ccccc3c2N)C1. The van der Waals surface area contributed by atoms with Gasteiger partial charge in [-0.2, -0.15) is 0 Å². The molecule has 2 aromatic rings. The number of amides is 1. The summed E-state index contributed by atoms with van der Waals surface area (Å²) in [7, 11) is 0. The van der Waals surface area contributed by atoms with Crippen LogP contribution in [0.3, 0.4) is 0 Å². The summed E-state index contributed by atoms with van der Waals surface area (Å²) in [4.78, 5) is 15.2. The van der Waals surface area contributed by atoms with E-state index in [1.54, 1.807) is 0 Å². The predicted molar refractivity (Wildman–Crippen MR) is 80.5 cm³/mol. The molecule has 1 saturated heterocycles. The molecule has 1 aromatic heterocycles. The van der Waals surface area contributed by atoms with E-state index in [1.165, 1.54) is 17.8 Å². The Morgan fingerprint density at radius 2 is 2.21 bits per heavy atom. The lowest BCUT2D eigenvalue weighted by atomic mass is 10.00. The molecule has 19 heavy (non-hydrogen) atoms. The smallest absolute Gasteiger partial charge is 0.266 e. The molecule has 100 valence electrons. The van der Waals surface area contributed by atoms with Crippen molar-refractivity contribution in [2.45, 2.75) is 19.8 Å².